The van der Waals surface area contributed by atoms with Crippen LogP contribution in [-0.2, 0) is 4.74 Å². The minimum atomic E-state index is -0.671. The summed E-state index contributed by atoms with van der Waals surface area (Å²) in [6.07, 6.45) is 1.55. The normalized spacial score (nSPS) is 22.7. The molecule has 3 aromatic rings. The lowest BCUT2D eigenvalue weighted by molar-refractivity contribution is 0.0196. The predicted octanol–water partition coefficient (Wildman–Crippen LogP) is 2.10. The fraction of sp³-hybridized carbons (Fsp3) is 0.391. The first-order valence-corrected chi connectivity index (χ1v) is 10.9. The molecule has 2 aliphatic heterocycles. The molecule has 2 aromatic carbocycles. The van der Waals surface area contributed by atoms with E-state index in [-0.39, 0.29) is 28.6 Å². The number of hydrogen-bond donors (Lipinski definition) is 3. The number of phenolic OH excluding ortho intramolecular Hbond substituents is 1. The molecule has 2 aliphatic rings. The Morgan fingerprint density at radius 1 is 1.21 bits per heavy atom. The average molecular weight is 453 g/mol. The zero-order chi connectivity index (χ0) is 23.0. The fourth-order valence-corrected chi connectivity index (χ4v) is 4.87. The first-order chi connectivity index (χ1) is 15.9. The Labute approximate surface area is 188 Å². The van der Waals surface area contributed by atoms with E-state index in [4.69, 9.17) is 4.74 Å². The van der Waals surface area contributed by atoms with Gasteiger partial charge in [-0.05, 0) is 49.2 Å². The predicted molar refractivity (Wildman–Crippen MR) is 116 cm³/mol. The van der Waals surface area contributed by atoms with Gasteiger partial charge in [-0.15, -0.1) is 0 Å². The number of carbonyl (C=O) groups excluding carboxylic acids is 2. The molecule has 10 heteroatoms. The van der Waals surface area contributed by atoms with Crippen molar-refractivity contribution < 1.29 is 23.8 Å². The monoisotopic (exact) mass is 453 g/mol. The second-order valence-corrected chi connectivity index (χ2v) is 8.76. The number of H-pyrrole nitrogens is 1. The van der Waals surface area contributed by atoms with Crippen LogP contribution >= 0.6 is 0 Å². The Hall–Kier alpha value is -3.53. The van der Waals surface area contributed by atoms with Crippen LogP contribution in [-0.4, -0.2) is 70.1 Å². The summed E-state index contributed by atoms with van der Waals surface area (Å²) < 4.78 is 19.9. The van der Waals surface area contributed by atoms with E-state index in [1.54, 1.807) is 23.1 Å². The van der Waals surface area contributed by atoms with Crippen LogP contribution in [0, 0.1) is 17.2 Å². The minimum absolute atomic E-state index is 0.0576. The average Bonchev–Trinajstić information content (AvgIpc) is 3.49. The maximum absolute atomic E-state index is 14.2. The Bertz CT molecular complexity index is 1210. The third-order valence-corrected chi connectivity index (χ3v) is 6.88. The first kappa shape index (κ1) is 21.3. The van der Waals surface area contributed by atoms with Crippen LogP contribution in [0.15, 0.2) is 36.4 Å². The molecule has 0 bridgehead atoms. The van der Waals surface area contributed by atoms with E-state index in [1.165, 1.54) is 6.07 Å². The largest absolute Gasteiger partial charge is 0.508 e. The summed E-state index contributed by atoms with van der Waals surface area (Å²) in [6.45, 7) is 2.39. The molecule has 2 atom stereocenters. The fourth-order valence-electron chi connectivity index (χ4n) is 4.87. The maximum Gasteiger partial charge on any atom is 0.256 e. The number of aromatic hydroxyl groups is 1. The van der Waals surface area contributed by atoms with Crippen molar-refractivity contribution in [3.05, 3.63) is 53.3 Å². The van der Waals surface area contributed by atoms with E-state index in [0.29, 0.717) is 55.9 Å². The highest BCUT2D eigenvalue weighted by molar-refractivity contribution is 5.97. The Morgan fingerprint density at radius 3 is 2.88 bits per heavy atom. The highest BCUT2D eigenvalue weighted by atomic mass is 19.1. The number of benzene rings is 2. The number of phenols is 1. The van der Waals surface area contributed by atoms with Crippen LogP contribution in [0.5, 0.6) is 5.75 Å². The summed E-state index contributed by atoms with van der Waals surface area (Å²) in [6, 6.07) is 8.53. The van der Waals surface area contributed by atoms with Crippen molar-refractivity contribution in [1.29, 1.82) is 0 Å². The van der Waals surface area contributed by atoms with Gasteiger partial charge in [0, 0.05) is 43.1 Å². The van der Waals surface area contributed by atoms with Gasteiger partial charge in [0.25, 0.3) is 11.8 Å². The van der Waals surface area contributed by atoms with Gasteiger partial charge < -0.3 is 20.1 Å². The van der Waals surface area contributed by atoms with Gasteiger partial charge >= 0.3 is 0 Å². The van der Waals surface area contributed by atoms with Gasteiger partial charge in [-0.25, -0.2) is 4.39 Å². The Kier molecular flexibility index (Phi) is 5.45. The van der Waals surface area contributed by atoms with Crippen molar-refractivity contribution in [2.75, 3.05) is 32.8 Å². The first-order valence-electron chi connectivity index (χ1n) is 10.9. The number of ether oxygens (including phenoxy) is 1. The molecule has 172 valence electrons. The molecule has 1 spiro atoms. The van der Waals surface area contributed by atoms with Gasteiger partial charge in [0.15, 0.2) is 0 Å². The quantitative estimate of drug-likeness (QED) is 0.557. The van der Waals surface area contributed by atoms with Crippen molar-refractivity contribution >= 4 is 22.8 Å². The number of aromatic nitrogens is 3. The second kappa shape index (κ2) is 8.43. The Balaban J connectivity index is 1.32. The molecular weight excluding hydrogens is 429 g/mol. The summed E-state index contributed by atoms with van der Waals surface area (Å²) in [5.41, 5.74) is 1.45. The van der Waals surface area contributed by atoms with E-state index in [0.717, 1.165) is 18.6 Å². The van der Waals surface area contributed by atoms with Crippen LogP contribution in [0.1, 0.15) is 33.6 Å². The molecule has 3 N–H and O–H groups in total. The van der Waals surface area contributed by atoms with Crippen molar-refractivity contribution in [3.63, 3.8) is 0 Å². The van der Waals surface area contributed by atoms with Gasteiger partial charge in [-0.1, -0.05) is 0 Å². The van der Waals surface area contributed by atoms with E-state index >= 15 is 0 Å². The summed E-state index contributed by atoms with van der Waals surface area (Å²) in [4.78, 5) is 27.4. The summed E-state index contributed by atoms with van der Waals surface area (Å²) in [5.74, 6) is -1.60. The van der Waals surface area contributed by atoms with Gasteiger partial charge in [0.05, 0.1) is 12.2 Å². The molecule has 2 unspecified atom stereocenters. The number of likely N-dealkylation sites (tertiary alicyclic amines) is 1. The van der Waals surface area contributed by atoms with Crippen molar-refractivity contribution in [3.8, 4) is 5.75 Å². The lowest BCUT2D eigenvalue weighted by Gasteiger charge is -2.45. The Morgan fingerprint density at radius 2 is 2.06 bits per heavy atom. The highest BCUT2D eigenvalue weighted by Crippen LogP contribution is 2.43. The van der Waals surface area contributed by atoms with Crippen molar-refractivity contribution in [2.24, 2.45) is 11.3 Å². The van der Waals surface area contributed by atoms with Gasteiger partial charge in [-0.3, -0.25) is 9.59 Å². The number of hydrogen-bond acceptors (Lipinski definition) is 6. The maximum atomic E-state index is 14.2. The molecule has 2 amide bonds. The van der Waals surface area contributed by atoms with E-state index < -0.39 is 11.7 Å². The molecule has 1 aromatic heterocycles. The smallest absolute Gasteiger partial charge is 0.256 e. The van der Waals surface area contributed by atoms with Gasteiger partial charge in [0.2, 0.25) is 0 Å². The van der Waals surface area contributed by atoms with E-state index in [2.05, 4.69) is 20.7 Å². The van der Waals surface area contributed by atoms with Crippen molar-refractivity contribution in [1.82, 2.24) is 25.6 Å². The standard InChI is InChI=1S/C23H24FN5O4/c24-18-3-2-16(30)10-17(18)22(32)29-7-5-23(6-8-33-13-23)15(12-29)11-25-21(31)14-1-4-19-20(9-14)27-28-26-19/h1-4,9-10,15,30H,5-8,11-13H2,(H,25,31)(H,26,27,28). The summed E-state index contributed by atoms with van der Waals surface area (Å²) >= 11 is 0. The van der Waals surface area contributed by atoms with Crippen LogP contribution < -0.4 is 5.32 Å². The number of piperidine rings is 1. The van der Waals surface area contributed by atoms with Crippen molar-refractivity contribution in [2.45, 2.75) is 12.8 Å². The molecule has 0 saturated carbocycles. The number of carbonyl (C=O) groups is 2. The molecule has 33 heavy (non-hydrogen) atoms. The number of nitrogens with one attached hydrogen (secondary N) is 2. The molecule has 5 rings (SSSR count). The number of rotatable bonds is 4. The molecule has 0 radical (unpaired) electrons. The van der Waals surface area contributed by atoms with Crippen LogP contribution in [0.2, 0.25) is 0 Å². The topological polar surface area (TPSA) is 120 Å². The van der Waals surface area contributed by atoms with Crippen LogP contribution in [0.3, 0.4) is 0 Å². The molecular formula is C23H24FN5O4. The number of aromatic amines is 1. The number of fused-ring (bicyclic) bond motifs is 1. The van der Waals surface area contributed by atoms with Gasteiger partial charge in [-0.2, -0.15) is 15.4 Å². The van der Waals surface area contributed by atoms with Crippen LogP contribution in [0.25, 0.3) is 11.0 Å². The van der Waals surface area contributed by atoms with E-state index in [1.807, 2.05) is 0 Å². The number of nitrogens with zero attached hydrogens (tertiary/aromatic N) is 3. The second-order valence-electron chi connectivity index (χ2n) is 8.76. The molecule has 2 fully saturated rings. The zero-order valence-electron chi connectivity index (χ0n) is 17.9. The number of amides is 2. The highest BCUT2D eigenvalue weighted by Gasteiger charge is 2.46. The van der Waals surface area contributed by atoms with Gasteiger partial charge in [0.1, 0.15) is 22.6 Å². The summed E-state index contributed by atoms with van der Waals surface area (Å²) in [5, 5.41) is 23.2. The zero-order valence-corrected chi connectivity index (χ0v) is 17.9. The van der Waals surface area contributed by atoms with Crippen LogP contribution in [0.4, 0.5) is 4.39 Å². The molecule has 3 heterocycles. The SMILES string of the molecule is O=C(NCC1CN(C(=O)c2cc(O)ccc2F)CCC12CCOC2)c1ccc2n[nH]nc2c1. The minimum Gasteiger partial charge on any atom is -0.508 e. The third-order valence-electron chi connectivity index (χ3n) is 6.88. The molecule has 9 nitrogen and oxygen atoms in total. The lowest BCUT2D eigenvalue weighted by atomic mass is 9.69. The number of halogens is 1. The summed E-state index contributed by atoms with van der Waals surface area (Å²) in [7, 11) is 0. The molecule has 2 saturated heterocycles. The van der Waals surface area contributed by atoms with E-state index in [9.17, 15) is 19.1 Å². The third kappa shape index (κ3) is 4.02. The lowest BCUT2D eigenvalue weighted by Crippen LogP contribution is -2.53. The molecule has 0 aliphatic carbocycles.